The molecule has 34 heavy (non-hydrogen) atoms. The lowest BCUT2D eigenvalue weighted by Crippen LogP contribution is -2.54. The number of ether oxygens (including phenoxy) is 1. The molecule has 3 aromatic carbocycles. The van der Waals surface area contributed by atoms with Crippen molar-refractivity contribution in [1.29, 1.82) is 0 Å². The van der Waals surface area contributed by atoms with Crippen molar-refractivity contribution >= 4 is 52.2 Å². The van der Waals surface area contributed by atoms with E-state index in [1.54, 1.807) is 61.5 Å². The van der Waals surface area contributed by atoms with Gasteiger partial charge in [-0.3, -0.25) is 14.9 Å². The number of carbonyl (C=O) groups is 3. The molecule has 1 fully saturated rings. The molecule has 1 aliphatic rings. The lowest BCUT2D eigenvalue weighted by molar-refractivity contribution is -0.122. The van der Waals surface area contributed by atoms with Crippen molar-refractivity contribution in [3.8, 4) is 5.75 Å². The molecule has 0 aliphatic carbocycles. The van der Waals surface area contributed by atoms with E-state index in [2.05, 4.69) is 27.9 Å². The summed E-state index contributed by atoms with van der Waals surface area (Å²) >= 11 is 2.12. The number of halogens is 2. The molecule has 8 heteroatoms. The summed E-state index contributed by atoms with van der Waals surface area (Å²) in [6.07, 6.45) is 1.74. The molecule has 1 saturated heterocycles. The number of amides is 4. The van der Waals surface area contributed by atoms with Gasteiger partial charge in [0.15, 0.2) is 0 Å². The van der Waals surface area contributed by atoms with Crippen LogP contribution in [-0.4, -0.2) is 25.0 Å². The quantitative estimate of drug-likeness (QED) is 0.266. The third-order valence-electron chi connectivity index (χ3n) is 5.49. The van der Waals surface area contributed by atoms with Gasteiger partial charge < -0.3 is 4.74 Å². The minimum Gasteiger partial charge on any atom is -0.496 e. The first-order chi connectivity index (χ1) is 16.3. The number of barbiturate groups is 1. The van der Waals surface area contributed by atoms with Crippen LogP contribution in [0.1, 0.15) is 22.3 Å². The molecule has 0 bridgehead atoms. The van der Waals surface area contributed by atoms with Crippen LogP contribution in [0.5, 0.6) is 5.75 Å². The highest BCUT2D eigenvalue weighted by atomic mass is 127. The van der Waals surface area contributed by atoms with E-state index in [4.69, 9.17) is 4.74 Å². The molecule has 0 atom stereocenters. The lowest BCUT2D eigenvalue weighted by atomic mass is 10.00. The number of carbonyl (C=O) groups excluding carboxylic acids is 3. The van der Waals surface area contributed by atoms with Gasteiger partial charge in [-0.1, -0.05) is 36.4 Å². The van der Waals surface area contributed by atoms with Crippen LogP contribution >= 0.6 is 22.6 Å². The number of hydrogen-bond donors (Lipinski definition) is 1. The van der Waals surface area contributed by atoms with E-state index in [-0.39, 0.29) is 11.4 Å². The first-order valence-electron chi connectivity index (χ1n) is 10.4. The number of benzene rings is 3. The zero-order chi connectivity index (χ0) is 24.4. The van der Waals surface area contributed by atoms with Crippen LogP contribution in [0.3, 0.4) is 0 Å². The lowest BCUT2D eigenvalue weighted by Gasteiger charge is -2.27. The monoisotopic (exact) mass is 570 g/mol. The summed E-state index contributed by atoms with van der Waals surface area (Å²) in [5.74, 6) is -1.30. The Morgan fingerprint density at radius 2 is 1.76 bits per heavy atom. The van der Waals surface area contributed by atoms with Crippen molar-refractivity contribution in [2.75, 3.05) is 12.0 Å². The van der Waals surface area contributed by atoms with E-state index >= 15 is 0 Å². The molecule has 1 heterocycles. The van der Waals surface area contributed by atoms with Gasteiger partial charge in [-0.15, -0.1) is 0 Å². The number of imide groups is 2. The van der Waals surface area contributed by atoms with Gasteiger partial charge in [-0.05, 0) is 76.5 Å². The van der Waals surface area contributed by atoms with Gasteiger partial charge in [0.1, 0.15) is 17.1 Å². The Hall–Kier alpha value is -3.53. The Kier molecular flexibility index (Phi) is 6.78. The SMILES string of the molecule is COc1cc(/C=C2\C(=O)NC(=O)N(c3ccccc3C)C2=O)cc(I)c1Cc1ccccc1F. The van der Waals surface area contributed by atoms with Crippen LogP contribution in [0, 0.1) is 16.3 Å². The van der Waals surface area contributed by atoms with E-state index in [1.807, 2.05) is 0 Å². The summed E-state index contributed by atoms with van der Waals surface area (Å²) < 4.78 is 20.5. The van der Waals surface area contributed by atoms with Crippen LogP contribution in [0.4, 0.5) is 14.9 Å². The molecule has 1 N–H and O–H groups in total. The fourth-order valence-corrected chi connectivity index (χ4v) is 4.57. The highest BCUT2D eigenvalue weighted by Crippen LogP contribution is 2.31. The maximum atomic E-state index is 14.2. The number of nitrogens with one attached hydrogen (secondary N) is 1. The van der Waals surface area contributed by atoms with Crippen molar-refractivity contribution in [2.45, 2.75) is 13.3 Å². The topological polar surface area (TPSA) is 75.7 Å². The number of methoxy groups -OCH3 is 1. The number of urea groups is 1. The largest absolute Gasteiger partial charge is 0.496 e. The Labute approximate surface area is 209 Å². The fraction of sp³-hybridized carbons (Fsp3) is 0.115. The molecule has 0 saturated carbocycles. The predicted octanol–water partition coefficient (Wildman–Crippen LogP) is 5.00. The summed E-state index contributed by atoms with van der Waals surface area (Å²) in [4.78, 5) is 39.1. The van der Waals surface area contributed by atoms with Crippen LogP contribution < -0.4 is 15.0 Å². The maximum absolute atomic E-state index is 14.2. The van der Waals surface area contributed by atoms with Crippen LogP contribution in [0.2, 0.25) is 0 Å². The molecule has 1 aliphatic heterocycles. The van der Waals surface area contributed by atoms with Gasteiger partial charge in [0, 0.05) is 15.6 Å². The molecule has 172 valence electrons. The smallest absolute Gasteiger partial charge is 0.335 e. The van der Waals surface area contributed by atoms with Gasteiger partial charge in [0.05, 0.1) is 12.8 Å². The zero-order valence-electron chi connectivity index (χ0n) is 18.4. The number of rotatable bonds is 5. The summed E-state index contributed by atoms with van der Waals surface area (Å²) in [6, 6.07) is 16.1. The third-order valence-corrected chi connectivity index (χ3v) is 6.45. The van der Waals surface area contributed by atoms with E-state index < -0.39 is 17.8 Å². The second-order valence-electron chi connectivity index (χ2n) is 7.70. The zero-order valence-corrected chi connectivity index (χ0v) is 20.6. The van der Waals surface area contributed by atoms with Crippen molar-refractivity contribution in [3.05, 3.63) is 97.9 Å². The molecule has 0 aromatic heterocycles. The number of anilines is 1. The standard InChI is InChI=1S/C26H20FIN2O4/c1-15-7-3-6-10-22(15)30-25(32)19(24(31)29-26(30)33)11-16-12-21(28)18(23(13-16)34-2)14-17-8-4-5-9-20(17)27/h3-13H,14H2,1-2H3,(H,29,31,33)/b19-11+. The Bertz CT molecular complexity index is 1350. The average Bonchev–Trinajstić information content (AvgIpc) is 2.80. The highest BCUT2D eigenvalue weighted by Gasteiger charge is 2.37. The second kappa shape index (κ2) is 9.76. The van der Waals surface area contributed by atoms with Crippen molar-refractivity contribution in [3.63, 3.8) is 0 Å². The van der Waals surface area contributed by atoms with Gasteiger partial charge in [-0.2, -0.15) is 0 Å². The summed E-state index contributed by atoms with van der Waals surface area (Å²) in [6.45, 7) is 1.78. The summed E-state index contributed by atoms with van der Waals surface area (Å²) in [7, 11) is 1.50. The third kappa shape index (κ3) is 4.58. The summed E-state index contributed by atoms with van der Waals surface area (Å²) in [5.41, 5.74) is 2.79. The average molecular weight is 570 g/mol. The molecule has 4 rings (SSSR count). The molecule has 0 spiro atoms. The minimum absolute atomic E-state index is 0.178. The van der Waals surface area contributed by atoms with Gasteiger partial charge in [0.2, 0.25) is 0 Å². The Morgan fingerprint density at radius 1 is 1.06 bits per heavy atom. The Morgan fingerprint density at radius 3 is 2.47 bits per heavy atom. The van der Waals surface area contributed by atoms with Crippen LogP contribution in [0.25, 0.3) is 6.08 Å². The number of aryl methyl sites for hydroxylation is 1. The number of nitrogens with zero attached hydrogens (tertiary/aromatic N) is 1. The van der Waals surface area contributed by atoms with E-state index in [0.717, 1.165) is 14.0 Å². The molecule has 0 unspecified atom stereocenters. The van der Waals surface area contributed by atoms with Gasteiger partial charge >= 0.3 is 6.03 Å². The van der Waals surface area contributed by atoms with Crippen LogP contribution in [0.15, 0.2) is 66.2 Å². The van der Waals surface area contributed by atoms with E-state index in [9.17, 15) is 18.8 Å². The van der Waals surface area contributed by atoms with Gasteiger partial charge in [-0.25, -0.2) is 14.1 Å². The van der Waals surface area contributed by atoms with Crippen molar-refractivity contribution < 1.29 is 23.5 Å². The maximum Gasteiger partial charge on any atom is 0.335 e. The van der Waals surface area contributed by atoms with E-state index in [0.29, 0.717) is 34.5 Å². The van der Waals surface area contributed by atoms with Crippen molar-refractivity contribution in [2.24, 2.45) is 0 Å². The first-order valence-corrected chi connectivity index (χ1v) is 11.4. The first kappa shape index (κ1) is 23.6. The normalized spacial score (nSPS) is 15.0. The highest BCUT2D eigenvalue weighted by molar-refractivity contribution is 14.1. The molecule has 3 aromatic rings. The molecule has 0 radical (unpaired) electrons. The number of hydrogen-bond acceptors (Lipinski definition) is 4. The minimum atomic E-state index is -0.797. The summed E-state index contributed by atoms with van der Waals surface area (Å²) in [5, 5.41) is 2.23. The Balaban J connectivity index is 1.73. The predicted molar refractivity (Wildman–Crippen MR) is 135 cm³/mol. The second-order valence-corrected chi connectivity index (χ2v) is 8.86. The molecular formula is C26H20FIN2O4. The number of para-hydroxylation sites is 1. The molecular weight excluding hydrogens is 550 g/mol. The van der Waals surface area contributed by atoms with Crippen LogP contribution in [-0.2, 0) is 16.0 Å². The van der Waals surface area contributed by atoms with Crippen molar-refractivity contribution in [1.82, 2.24) is 5.32 Å². The van der Waals surface area contributed by atoms with E-state index in [1.165, 1.54) is 19.3 Å². The fourth-order valence-electron chi connectivity index (χ4n) is 3.76. The molecule has 4 amide bonds. The van der Waals surface area contributed by atoms with Gasteiger partial charge in [0.25, 0.3) is 11.8 Å². The molecule has 6 nitrogen and oxygen atoms in total.